The van der Waals surface area contributed by atoms with E-state index in [0.717, 1.165) is 6.07 Å². The molecule has 0 bridgehead atoms. The first-order valence-electron chi connectivity index (χ1n) is 12.2. The van der Waals surface area contributed by atoms with Crippen molar-refractivity contribution in [2.45, 2.75) is 50.7 Å². The normalized spacial score (nSPS) is 16.4. The molecule has 1 aliphatic heterocycles. The fourth-order valence-electron chi connectivity index (χ4n) is 4.74. The second-order valence-corrected chi connectivity index (χ2v) is 12.1. The number of hydrogen-bond donors (Lipinski definition) is 2. The van der Waals surface area contributed by atoms with Crippen LogP contribution in [0.1, 0.15) is 31.4 Å². The maximum absolute atomic E-state index is 13.4. The van der Waals surface area contributed by atoms with E-state index >= 15 is 0 Å². The molecule has 0 unspecified atom stereocenters. The molecule has 216 valence electrons. The Kier molecular flexibility index (Phi) is 8.33. The Labute approximate surface area is 231 Å². The van der Waals surface area contributed by atoms with Crippen molar-refractivity contribution in [3.8, 4) is 5.75 Å². The maximum Gasteiger partial charge on any atom is 0.573 e. The van der Waals surface area contributed by atoms with Crippen molar-refractivity contribution in [1.29, 1.82) is 0 Å². The molecule has 2 aromatic carbocycles. The first kappa shape index (κ1) is 29.6. The van der Waals surface area contributed by atoms with E-state index < -0.39 is 39.7 Å². The van der Waals surface area contributed by atoms with Crippen LogP contribution in [0.5, 0.6) is 5.75 Å². The minimum Gasteiger partial charge on any atom is -0.405 e. The first-order valence-corrected chi connectivity index (χ1v) is 14.3. The Morgan fingerprint density at radius 2 is 1.90 bits per heavy atom. The van der Waals surface area contributed by atoms with Gasteiger partial charge in [-0.2, -0.15) is 0 Å². The molecule has 1 aromatic heterocycles. The van der Waals surface area contributed by atoms with E-state index in [0.29, 0.717) is 24.1 Å². The Morgan fingerprint density at radius 3 is 2.55 bits per heavy atom. The van der Waals surface area contributed by atoms with E-state index in [-0.39, 0.29) is 56.2 Å². The minimum absolute atomic E-state index is 0.00328. The number of halogens is 4. The van der Waals surface area contributed by atoms with Gasteiger partial charge in [0.2, 0.25) is 5.91 Å². The van der Waals surface area contributed by atoms with Crippen LogP contribution < -0.4 is 21.3 Å². The van der Waals surface area contributed by atoms with Crippen molar-refractivity contribution in [3.05, 3.63) is 67.3 Å². The quantitative estimate of drug-likeness (QED) is 0.405. The second-order valence-electron chi connectivity index (χ2n) is 9.45. The van der Waals surface area contributed by atoms with Crippen molar-refractivity contribution >= 4 is 38.2 Å². The maximum atomic E-state index is 13.4. The van der Waals surface area contributed by atoms with Crippen molar-refractivity contribution in [2.24, 2.45) is 0 Å². The number of alkyl halides is 3. The number of ether oxygens (including phenoxy) is 1. The van der Waals surface area contributed by atoms with Crippen LogP contribution in [0.3, 0.4) is 0 Å². The van der Waals surface area contributed by atoms with Crippen LogP contribution in [0.2, 0.25) is 5.02 Å². The number of benzene rings is 2. The van der Waals surface area contributed by atoms with Crippen LogP contribution in [0.15, 0.2) is 44.8 Å². The molecule has 2 N–H and O–H groups in total. The monoisotopic (exact) mass is 602 g/mol. The molecular weight excluding hydrogens is 577 g/mol. The molecule has 1 fully saturated rings. The van der Waals surface area contributed by atoms with Gasteiger partial charge in [-0.1, -0.05) is 18.5 Å². The summed E-state index contributed by atoms with van der Waals surface area (Å²) >= 11 is 6.04. The summed E-state index contributed by atoms with van der Waals surface area (Å²) in [6, 6.07) is 5.95. The predicted octanol–water partition coefficient (Wildman–Crippen LogP) is 2.79. The lowest BCUT2D eigenvalue weighted by Gasteiger charge is -2.20. The van der Waals surface area contributed by atoms with Gasteiger partial charge >= 0.3 is 12.1 Å². The SMILES string of the molecule is CCS(=O)(=O)c1ccc(Cl)cc1Cn1c(=O)[nH]c2cc(CN3CC[C@@H](NC(C)=O)C3)c(OC(F)(F)F)cc2c1=O. The summed E-state index contributed by atoms with van der Waals surface area (Å²) in [4.78, 5) is 41.9. The number of sulfone groups is 1. The molecule has 1 amide bonds. The van der Waals surface area contributed by atoms with E-state index in [1.54, 1.807) is 0 Å². The Morgan fingerprint density at radius 1 is 1.18 bits per heavy atom. The summed E-state index contributed by atoms with van der Waals surface area (Å²) in [5.74, 6) is -1.07. The third kappa shape index (κ3) is 6.67. The van der Waals surface area contributed by atoms with E-state index in [9.17, 15) is 36.0 Å². The van der Waals surface area contributed by atoms with Gasteiger partial charge in [0.05, 0.1) is 28.1 Å². The van der Waals surface area contributed by atoms with Gasteiger partial charge in [0, 0.05) is 43.2 Å². The summed E-state index contributed by atoms with van der Waals surface area (Å²) in [5.41, 5.74) is -1.69. The van der Waals surface area contributed by atoms with Gasteiger partial charge in [-0.05, 0) is 42.3 Å². The predicted molar refractivity (Wildman–Crippen MR) is 141 cm³/mol. The number of hydrogen-bond acceptors (Lipinski definition) is 7. The number of carbonyl (C=O) groups is 1. The second kappa shape index (κ2) is 11.3. The van der Waals surface area contributed by atoms with Crippen LogP contribution >= 0.6 is 11.6 Å². The standard InChI is InChI=1S/C25H26ClF3N4O6S/c1-3-40(37,38)22-5-4-17(26)8-16(22)12-33-23(35)19-10-21(39-25(27,28)29)15(9-20(19)31-24(33)36)11-32-7-6-18(13-32)30-14(2)34/h4-5,8-10,18H,3,6-7,11-13H2,1-2H3,(H,30,34)(H,31,36)/t18-/m1/s1. The molecule has 0 saturated carbocycles. The number of aromatic amines is 1. The number of likely N-dealkylation sites (tertiary alicyclic amines) is 1. The zero-order valence-corrected chi connectivity index (χ0v) is 23.0. The van der Waals surface area contributed by atoms with E-state index in [1.807, 2.05) is 4.90 Å². The van der Waals surface area contributed by atoms with Crippen molar-refractivity contribution < 1.29 is 31.1 Å². The highest BCUT2D eigenvalue weighted by Gasteiger charge is 2.33. The summed E-state index contributed by atoms with van der Waals surface area (Å²) in [5, 5.41) is 2.68. The Bertz CT molecular complexity index is 1690. The number of rotatable bonds is 8. The van der Waals surface area contributed by atoms with Gasteiger partial charge < -0.3 is 15.0 Å². The molecule has 40 heavy (non-hydrogen) atoms. The van der Waals surface area contributed by atoms with Crippen LogP contribution in [-0.4, -0.2) is 60.0 Å². The lowest BCUT2D eigenvalue weighted by Crippen LogP contribution is -2.36. The van der Waals surface area contributed by atoms with Crippen molar-refractivity contribution in [3.63, 3.8) is 0 Å². The summed E-state index contributed by atoms with van der Waals surface area (Å²) < 4.78 is 70.0. The Hall–Kier alpha value is -3.36. The van der Waals surface area contributed by atoms with Gasteiger partial charge in [0.1, 0.15) is 5.75 Å². The molecular formula is C25H26ClF3N4O6S. The highest BCUT2D eigenvalue weighted by molar-refractivity contribution is 7.91. The zero-order chi connectivity index (χ0) is 29.4. The summed E-state index contributed by atoms with van der Waals surface area (Å²) in [7, 11) is -3.75. The zero-order valence-electron chi connectivity index (χ0n) is 21.5. The molecule has 0 spiro atoms. The molecule has 0 radical (unpaired) electrons. The highest BCUT2D eigenvalue weighted by Crippen LogP contribution is 2.31. The molecule has 1 saturated heterocycles. The summed E-state index contributed by atoms with van der Waals surface area (Å²) in [6.07, 6.45) is -4.46. The number of amides is 1. The molecule has 4 rings (SSSR count). The molecule has 2 heterocycles. The highest BCUT2D eigenvalue weighted by atomic mass is 35.5. The Balaban J connectivity index is 1.78. The first-order chi connectivity index (χ1) is 18.7. The third-order valence-corrected chi connectivity index (χ3v) is 8.59. The largest absolute Gasteiger partial charge is 0.573 e. The molecule has 1 atom stereocenters. The van der Waals surface area contributed by atoms with Crippen LogP contribution in [0, 0.1) is 0 Å². The number of fused-ring (bicyclic) bond motifs is 1. The molecule has 3 aromatic rings. The fourth-order valence-corrected chi connectivity index (χ4v) is 6.04. The number of nitrogens with one attached hydrogen (secondary N) is 2. The van der Waals surface area contributed by atoms with Gasteiger partial charge in [-0.3, -0.25) is 19.1 Å². The molecule has 0 aliphatic carbocycles. The molecule has 10 nitrogen and oxygen atoms in total. The van der Waals surface area contributed by atoms with Gasteiger partial charge in [0.25, 0.3) is 5.56 Å². The lowest BCUT2D eigenvalue weighted by molar-refractivity contribution is -0.274. The van der Waals surface area contributed by atoms with Crippen molar-refractivity contribution in [1.82, 2.24) is 19.8 Å². The fraction of sp³-hybridized carbons (Fsp3) is 0.400. The van der Waals surface area contributed by atoms with E-state index in [4.69, 9.17) is 11.6 Å². The average Bonchev–Trinajstić information content (AvgIpc) is 3.27. The van der Waals surface area contributed by atoms with Gasteiger partial charge in [-0.25, -0.2) is 13.2 Å². The van der Waals surface area contributed by atoms with Crippen molar-refractivity contribution in [2.75, 3.05) is 18.8 Å². The molecule has 15 heteroatoms. The van der Waals surface area contributed by atoms with Crippen LogP contribution in [-0.2, 0) is 27.7 Å². The van der Waals surface area contributed by atoms with E-state index in [1.165, 1.54) is 38.1 Å². The molecule has 1 aliphatic rings. The van der Waals surface area contributed by atoms with Gasteiger partial charge in [-0.15, -0.1) is 13.2 Å². The number of aromatic nitrogens is 2. The third-order valence-electron chi connectivity index (χ3n) is 6.53. The average molecular weight is 603 g/mol. The topological polar surface area (TPSA) is 131 Å². The van der Waals surface area contributed by atoms with Gasteiger partial charge in [0.15, 0.2) is 9.84 Å². The number of carbonyl (C=O) groups excluding carboxylic acids is 1. The smallest absolute Gasteiger partial charge is 0.405 e. The lowest BCUT2D eigenvalue weighted by atomic mass is 10.1. The number of H-pyrrole nitrogens is 1. The van der Waals surface area contributed by atoms with Crippen LogP contribution in [0.25, 0.3) is 10.9 Å². The van der Waals surface area contributed by atoms with E-state index in [2.05, 4.69) is 15.0 Å². The van der Waals surface area contributed by atoms with Crippen LogP contribution in [0.4, 0.5) is 13.2 Å². The number of nitrogens with zero attached hydrogens (tertiary/aromatic N) is 2. The minimum atomic E-state index is -5.06. The summed E-state index contributed by atoms with van der Waals surface area (Å²) in [6.45, 7) is 3.21.